The zero-order valence-corrected chi connectivity index (χ0v) is 9.40. The highest BCUT2D eigenvalue weighted by Crippen LogP contribution is 2.32. The lowest BCUT2D eigenvalue weighted by Gasteiger charge is -2.28. The fourth-order valence-corrected chi connectivity index (χ4v) is 1.83. The number of ether oxygens (including phenoxy) is 1. The van der Waals surface area contributed by atoms with Gasteiger partial charge in [0.25, 0.3) is 0 Å². The lowest BCUT2D eigenvalue weighted by Crippen LogP contribution is -2.40. The van der Waals surface area contributed by atoms with E-state index in [1.807, 2.05) is 0 Å². The molecule has 1 aliphatic rings. The first-order valence-electron chi connectivity index (χ1n) is 5.28. The topological polar surface area (TPSA) is 75.6 Å². The molecule has 0 atom stereocenters. The van der Waals surface area contributed by atoms with Crippen molar-refractivity contribution in [2.45, 2.75) is 5.92 Å². The third kappa shape index (κ3) is 2.01. The van der Waals surface area contributed by atoms with E-state index < -0.39 is 5.97 Å². The number of phenolic OH excluding ortho intramolecular Hbond substituents is 1. The third-order valence-electron chi connectivity index (χ3n) is 2.94. The van der Waals surface area contributed by atoms with Crippen molar-refractivity contribution in [1.82, 2.24) is 5.32 Å². The first-order chi connectivity index (χ1) is 8.17. The smallest absolute Gasteiger partial charge is 0.337 e. The van der Waals surface area contributed by atoms with Crippen LogP contribution in [0.15, 0.2) is 12.1 Å². The number of rotatable bonds is 3. The van der Waals surface area contributed by atoms with Crippen molar-refractivity contribution in [2.75, 3.05) is 20.2 Å². The second kappa shape index (κ2) is 4.55. The summed E-state index contributed by atoms with van der Waals surface area (Å²) in [6.07, 6.45) is 0.539. The monoisotopic (exact) mass is 235 g/mol. The number of nitrogens with one attached hydrogen (secondary N) is 1. The van der Waals surface area contributed by atoms with E-state index >= 15 is 0 Å². The van der Waals surface area contributed by atoms with Gasteiger partial charge in [-0.2, -0.15) is 0 Å². The molecule has 0 saturated carbocycles. The summed E-state index contributed by atoms with van der Waals surface area (Å²) in [7, 11) is 1.28. The van der Waals surface area contributed by atoms with Crippen molar-refractivity contribution in [2.24, 2.45) is 0 Å². The Kier molecular flexibility index (Phi) is 3.10. The number of aromatic hydroxyl groups is 1. The molecular formula is C12H13NO4. The summed E-state index contributed by atoms with van der Waals surface area (Å²) >= 11 is 0. The van der Waals surface area contributed by atoms with E-state index in [1.54, 1.807) is 6.07 Å². The summed E-state index contributed by atoms with van der Waals surface area (Å²) < 4.78 is 4.61. The van der Waals surface area contributed by atoms with Gasteiger partial charge in [0.1, 0.15) is 5.75 Å². The number of methoxy groups -OCH3 is 1. The second-order valence-electron chi connectivity index (χ2n) is 3.97. The average Bonchev–Trinajstić information content (AvgIpc) is 2.28. The van der Waals surface area contributed by atoms with Crippen molar-refractivity contribution in [3.8, 4) is 5.75 Å². The van der Waals surface area contributed by atoms with E-state index in [0.717, 1.165) is 13.1 Å². The quantitative estimate of drug-likeness (QED) is 0.595. The molecule has 0 aliphatic carbocycles. The van der Waals surface area contributed by atoms with Gasteiger partial charge in [-0.05, 0) is 12.1 Å². The van der Waals surface area contributed by atoms with Gasteiger partial charge in [-0.3, -0.25) is 4.79 Å². The third-order valence-corrected chi connectivity index (χ3v) is 2.94. The van der Waals surface area contributed by atoms with Crippen LogP contribution in [0.5, 0.6) is 5.75 Å². The SMILES string of the molecule is COC(=O)c1cc(C=O)c(O)c(C2CNC2)c1. The molecule has 1 aromatic carbocycles. The van der Waals surface area contributed by atoms with Crippen molar-refractivity contribution in [3.05, 3.63) is 28.8 Å². The summed E-state index contributed by atoms with van der Waals surface area (Å²) in [6, 6.07) is 2.92. The van der Waals surface area contributed by atoms with Crippen LogP contribution in [0.2, 0.25) is 0 Å². The predicted octanol–water partition coefficient (Wildman–Crippen LogP) is 0.678. The zero-order chi connectivity index (χ0) is 12.4. The van der Waals surface area contributed by atoms with Crippen molar-refractivity contribution < 1.29 is 19.4 Å². The van der Waals surface area contributed by atoms with Crippen molar-refractivity contribution in [1.29, 1.82) is 0 Å². The number of hydrogen-bond acceptors (Lipinski definition) is 5. The van der Waals surface area contributed by atoms with Gasteiger partial charge in [-0.1, -0.05) is 0 Å². The molecule has 0 bridgehead atoms. The fraction of sp³-hybridized carbons (Fsp3) is 0.333. The van der Waals surface area contributed by atoms with Crippen LogP contribution in [-0.4, -0.2) is 37.6 Å². The largest absolute Gasteiger partial charge is 0.507 e. The van der Waals surface area contributed by atoms with E-state index in [4.69, 9.17) is 0 Å². The van der Waals surface area contributed by atoms with Crippen LogP contribution in [0.4, 0.5) is 0 Å². The maximum Gasteiger partial charge on any atom is 0.337 e. The summed E-state index contributed by atoms with van der Waals surface area (Å²) in [5, 5.41) is 13.0. The molecule has 2 rings (SSSR count). The molecular weight excluding hydrogens is 222 g/mol. The van der Waals surface area contributed by atoms with Gasteiger partial charge in [-0.15, -0.1) is 0 Å². The van der Waals surface area contributed by atoms with Gasteiger partial charge in [0, 0.05) is 24.6 Å². The number of phenols is 1. The molecule has 90 valence electrons. The number of aldehydes is 1. The molecule has 1 fully saturated rings. The summed E-state index contributed by atoms with van der Waals surface area (Å²) in [5.74, 6) is -0.418. The van der Waals surface area contributed by atoms with Gasteiger partial charge < -0.3 is 15.2 Å². The average molecular weight is 235 g/mol. The van der Waals surface area contributed by atoms with E-state index in [9.17, 15) is 14.7 Å². The minimum Gasteiger partial charge on any atom is -0.507 e. The second-order valence-corrected chi connectivity index (χ2v) is 3.97. The zero-order valence-electron chi connectivity index (χ0n) is 9.40. The molecule has 5 nitrogen and oxygen atoms in total. The lowest BCUT2D eigenvalue weighted by atomic mass is 9.90. The van der Waals surface area contributed by atoms with Crippen molar-refractivity contribution >= 4 is 12.3 Å². The molecule has 0 unspecified atom stereocenters. The molecule has 17 heavy (non-hydrogen) atoms. The number of carbonyl (C=O) groups is 2. The molecule has 1 saturated heterocycles. The van der Waals surface area contributed by atoms with Gasteiger partial charge in [0.2, 0.25) is 0 Å². The molecule has 1 heterocycles. The maximum absolute atomic E-state index is 11.4. The van der Waals surface area contributed by atoms with Crippen LogP contribution >= 0.6 is 0 Å². The van der Waals surface area contributed by atoms with Crippen LogP contribution in [0.25, 0.3) is 0 Å². The molecule has 5 heteroatoms. The standard InChI is InChI=1S/C12H13NO4/c1-17-12(16)7-2-8(6-14)11(15)10(3-7)9-4-13-5-9/h2-3,6,9,13,15H,4-5H2,1H3. The number of hydrogen-bond donors (Lipinski definition) is 2. The Morgan fingerprint density at radius 3 is 2.71 bits per heavy atom. The normalized spacial score (nSPS) is 15.1. The Labute approximate surface area is 98.4 Å². The minimum atomic E-state index is -0.512. The van der Waals surface area contributed by atoms with Crippen molar-refractivity contribution in [3.63, 3.8) is 0 Å². The Morgan fingerprint density at radius 1 is 1.53 bits per heavy atom. The number of carbonyl (C=O) groups excluding carboxylic acids is 2. The number of benzene rings is 1. The van der Waals surface area contributed by atoms with E-state index in [-0.39, 0.29) is 22.8 Å². The molecule has 0 radical (unpaired) electrons. The van der Waals surface area contributed by atoms with E-state index in [2.05, 4.69) is 10.1 Å². The van der Waals surface area contributed by atoms with Gasteiger partial charge in [-0.25, -0.2) is 4.79 Å². The van der Waals surface area contributed by atoms with Crippen LogP contribution in [0, 0.1) is 0 Å². The van der Waals surface area contributed by atoms with Crippen LogP contribution in [0.1, 0.15) is 32.2 Å². The molecule has 2 N–H and O–H groups in total. The van der Waals surface area contributed by atoms with Gasteiger partial charge in [0.15, 0.2) is 6.29 Å². The lowest BCUT2D eigenvalue weighted by molar-refractivity contribution is 0.0600. The van der Waals surface area contributed by atoms with Crippen LogP contribution in [0.3, 0.4) is 0 Å². The van der Waals surface area contributed by atoms with Crippen LogP contribution in [-0.2, 0) is 4.74 Å². The molecule has 1 aliphatic heterocycles. The van der Waals surface area contributed by atoms with Gasteiger partial charge in [0.05, 0.1) is 18.2 Å². The van der Waals surface area contributed by atoms with Gasteiger partial charge >= 0.3 is 5.97 Å². The Balaban J connectivity index is 2.48. The summed E-state index contributed by atoms with van der Waals surface area (Å²) in [5.41, 5.74) is 1.03. The predicted molar refractivity (Wildman–Crippen MR) is 60.4 cm³/mol. The fourth-order valence-electron chi connectivity index (χ4n) is 1.83. The summed E-state index contributed by atoms with van der Waals surface area (Å²) in [4.78, 5) is 22.3. The molecule has 0 aromatic heterocycles. The van der Waals surface area contributed by atoms with Crippen LogP contribution < -0.4 is 5.32 Å². The van der Waals surface area contributed by atoms with E-state index in [1.165, 1.54) is 13.2 Å². The maximum atomic E-state index is 11.4. The molecule has 1 aromatic rings. The first kappa shape index (κ1) is 11.6. The Hall–Kier alpha value is -1.88. The highest BCUT2D eigenvalue weighted by atomic mass is 16.5. The molecule has 0 spiro atoms. The highest BCUT2D eigenvalue weighted by molar-refractivity contribution is 5.93. The Bertz CT molecular complexity index is 466. The first-order valence-corrected chi connectivity index (χ1v) is 5.28. The Morgan fingerprint density at radius 2 is 2.24 bits per heavy atom. The molecule has 0 amide bonds. The van der Waals surface area contributed by atoms with E-state index in [0.29, 0.717) is 11.8 Å². The number of esters is 1. The highest BCUT2D eigenvalue weighted by Gasteiger charge is 2.25. The summed E-state index contributed by atoms with van der Waals surface area (Å²) in [6.45, 7) is 1.47. The minimum absolute atomic E-state index is 0.0425.